The van der Waals surface area contributed by atoms with Gasteiger partial charge in [-0.2, -0.15) is 4.31 Å². The van der Waals surface area contributed by atoms with E-state index in [1.165, 1.54) is 15.8 Å². The van der Waals surface area contributed by atoms with Crippen LogP contribution in [0, 0.1) is 0 Å². The summed E-state index contributed by atoms with van der Waals surface area (Å²) in [6.45, 7) is 5.62. The van der Waals surface area contributed by atoms with E-state index in [1.54, 1.807) is 11.8 Å². The van der Waals surface area contributed by atoms with Crippen molar-refractivity contribution in [2.24, 2.45) is 0 Å². The second-order valence-corrected chi connectivity index (χ2v) is 9.43. The number of carbonyl (C=O) groups is 1. The fourth-order valence-electron chi connectivity index (χ4n) is 3.43. The molecule has 2 saturated heterocycles. The first-order valence-corrected chi connectivity index (χ1v) is 11.2. The summed E-state index contributed by atoms with van der Waals surface area (Å²) < 4.78 is 29.2. The van der Waals surface area contributed by atoms with Crippen molar-refractivity contribution in [3.8, 4) is 0 Å². The number of hydrogen-bond acceptors (Lipinski definition) is 7. The van der Waals surface area contributed by atoms with Crippen LogP contribution in [-0.2, 0) is 14.8 Å². The lowest BCUT2D eigenvalue weighted by atomic mass is 9.94. The predicted molar refractivity (Wildman–Crippen MR) is 95.9 cm³/mol. The quantitative estimate of drug-likeness (QED) is 0.718. The van der Waals surface area contributed by atoms with E-state index >= 15 is 0 Å². The molecule has 0 radical (unpaired) electrons. The van der Waals surface area contributed by atoms with E-state index in [-0.39, 0.29) is 11.7 Å². The van der Waals surface area contributed by atoms with E-state index < -0.39 is 10.0 Å². The van der Waals surface area contributed by atoms with Crippen molar-refractivity contribution < 1.29 is 13.2 Å². The topological polar surface area (TPSA) is 86.7 Å². The van der Waals surface area contributed by atoms with Crippen LogP contribution in [0.15, 0.2) is 5.38 Å². The number of rotatable bonds is 5. The summed E-state index contributed by atoms with van der Waals surface area (Å²) >= 11 is 1.38. The average Bonchev–Trinajstić information content (AvgIpc) is 3.17. The highest BCUT2D eigenvalue weighted by Gasteiger charge is 2.29. The third kappa shape index (κ3) is 4.55. The number of likely N-dealkylation sites (tertiary alicyclic amines) is 1. The molecule has 8 nitrogen and oxygen atoms in total. The minimum atomic E-state index is -3.15. The smallest absolute Gasteiger partial charge is 0.236 e. The van der Waals surface area contributed by atoms with E-state index in [9.17, 15) is 13.2 Å². The molecule has 1 aromatic heterocycles. The van der Waals surface area contributed by atoms with Gasteiger partial charge in [-0.3, -0.25) is 9.69 Å². The molecule has 0 atom stereocenters. The zero-order valence-electron chi connectivity index (χ0n) is 14.5. The average molecular weight is 388 g/mol. The summed E-state index contributed by atoms with van der Waals surface area (Å²) in [6, 6.07) is 0. The molecular formula is C15H25N5O3S2. The van der Waals surface area contributed by atoms with Gasteiger partial charge < -0.3 is 4.90 Å². The van der Waals surface area contributed by atoms with Crippen molar-refractivity contribution in [1.29, 1.82) is 0 Å². The van der Waals surface area contributed by atoms with Gasteiger partial charge >= 0.3 is 0 Å². The fourth-order valence-corrected chi connectivity index (χ4v) is 5.05. The first-order chi connectivity index (χ1) is 12.0. The predicted octanol–water partition coefficient (Wildman–Crippen LogP) is 0.211. The van der Waals surface area contributed by atoms with Crippen LogP contribution < -0.4 is 0 Å². The fraction of sp³-hybridized carbons (Fsp3) is 0.800. The monoisotopic (exact) mass is 387 g/mol. The van der Waals surface area contributed by atoms with Crippen molar-refractivity contribution in [3.05, 3.63) is 11.1 Å². The van der Waals surface area contributed by atoms with Gasteiger partial charge in [0.25, 0.3) is 0 Å². The minimum Gasteiger partial charge on any atom is -0.339 e. The van der Waals surface area contributed by atoms with E-state index in [4.69, 9.17) is 0 Å². The van der Waals surface area contributed by atoms with Crippen LogP contribution >= 0.6 is 11.5 Å². The Labute approximate surface area is 153 Å². The van der Waals surface area contributed by atoms with Gasteiger partial charge in [-0.05, 0) is 44.4 Å². The molecule has 0 aromatic carbocycles. The summed E-state index contributed by atoms with van der Waals surface area (Å²) in [6.07, 6.45) is 2.00. The SMILES string of the molecule is CCS(=O)(=O)N1CCN(C(=O)CN2CCC(c3csnn3)CC2)CC1. The van der Waals surface area contributed by atoms with Gasteiger partial charge in [0, 0.05) is 37.5 Å². The number of piperazine rings is 1. The van der Waals surface area contributed by atoms with Crippen molar-refractivity contribution in [2.75, 3.05) is 51.6 Å². The van der Waals surface area contributed by atoms with E-state index in [1.807, 2.05) is 5.38 Å². The van der Waals surface area contributed by atoms with Crippen LogP contribution in [0.25, 0.3) is 0 Å². The summed E-state index contributed by atoms with van der Waals surface area (Å²) in [5.74, 6) is 0.667. The molecule has 2 fully saturated rings. The van der Waals surface area contributed by atoms with E-state index in [2.05, 4.69) is 14.5 Å². The highest BCUT2D eigenvalue weighted by Crippen LogP contribution is 2.26. The van der Waals surface area contributed by atoms with Gasteiger partial charge in [0.15, 0.2) is 0 Å². The Bertz CT molecular complexity index is 663. The first-order valence-electron chi connectivity index (χ1n) is 8.74. The third-order valence-electron chi connectivity index (χ3n) is 5.09. The Kier molecular flexibility index (Phi) is 6.03. The third-order valence-corrected chi connectivity index (χ3v) is 7.50. The van der Waals surface area contributed by atoms with Crippen LogP contribution in [-0.4, -0.2) is 89.6 Å². The lowest BCUT2D eigenvalue weighted by Gasteiger charge is -2.36. The normalized spacial score (nSPS) is 21.6. The maximum Gasteiger partial charge on any atom is 0.236 e. The zero-order chi connectivity index (χ0) is 17.9. The Morgan fingerprint density at radius 2 is 1.88 bits per heavy atom. The molecule has 0 aliphatic carbocycles. The molecule has 1 aromatic rings. The summed E-state index contributed by atoms with van der Waals surface area (Å²) in [4.78, 5) is 16.5. The van der Waals surface area contributed by atoms with Crippen molar-refractivity contribution >= 4 is 27.5 Å². The lowest BCUT2D eigenvalue weighted by molar-refractivity contribution is -0.133. The Morgan fingerprint density at radius 3 is 2.44 bits per heavy atom. The molecule has 0 bridgehead atoms. The Balaban J connectivity index is 1.43. The largest absolute Gasteiger partial charge is 0.339 e. The maximum absolute atomic E-state index is 12.5. The molecular weight excluding hydrogens is 362 g/mol. The van der Waals surface area contributed by atoms with E-state index in [0.29, 0.717) is 38.6 Å². The van der Waals surface area contributed by atoms with Gasteiger partial charge in [-0.15, -0.1) is 5.10 Å². The number of hydrogen-bond donors (Lipinski definition) is 0. The van der Waals surface area contributed by atoms with Gasteiger partial charge in [0.1, 0.15) is 0 Å². The van der Waals surface area contributed by atoms with Gasteiger partial charge in [0.2, 0.25) is 15.9 Å². The molecule has 3 heterocycles. The van der Waals surface area contributed by atoms with Gasteiger partial charge in [-0.25, -0.2) is 8.42 Å². The van der Waals surface area contributed by atoms with Crippen LogP contribution in [0.5, 0.6) is 0 Å². The first kappa shape index (κ1) is 18.7. The number of amides is 1. The number of carbonyl (C=O) groups excluding carboxylic acids is 1. The molecule has 2 aliphatic rings. The van der Waals surface area contributed by atoms with E-state index in [0.717, 1.165) is 31.6 Å². The Hall–Kier alpha value is -1.10. The van der Waals surface area contributed by atoms with Crippen molar-refractivity contribution in [3.63, 3.8) is 0 Å². The second-order valence-electron chi connectivity index (χ2n) is 6.56. The molecule has 140 valence electrons. The van der Waals surface area contributed by atoms with Crippen molar-refractivity contribution in [2.45, 2.75) is 25.7 Å². The van der Waals surface area contributed by atoms with Gasteiger partial charge in [0.05, 0.1) is 18.0 Å². The Morgan fingerprint density at radius 1 is 1.20 bits per heavy atom. The summed E-state index contributed by atoms with van der Waals surface area (Å²) in [5, 5.41) is 6.16. The highest BCUT2D eigenvalue weighted by molar-refractivity contribution is 7.89. The minimum absolute atomic E-state index is 0.0994. The molecule has 2 aliphatic heterocycles. The molecule has 25 heavy (non-hydrogen) atoms. The van der Waals surface area contributed by atoms with Crippen LogP contribution in [0.3, 0.4) is 0 Å². The zero-order valence-corrected chi connectivity index (χ0v) is 16.1. The summed E-state index contributed by atoms with van der Waals surface area (Å²) in [5.41, 5.74) is 1.07. The van der Waals surface area contributed by atoms with Gasteiger partial charge in [-0.1, -0.05) is 4.49 Å². The second kappa shape index (κ2) is 8.07. The number of aromatic nitrogens is 2. The van der Waals surface area contributed by atoms with Crippen molar-refractivity contribution in [1.82, 2.24) is 23.7 Å². The molecule has 1 amide bonds. The number of sulfonamides is 1. The molecule has 0 unspecified atom stereocenters. The molecule has 10 heteroatoms. The number of nitrogens with zero attached hydrogens (tertiary/aromatic N) is 5. The molecule has 0 N–H and O–H groups in total. The summed E-state index contributed by atoms with van der Waals surface area (Å²) in [7, 11) is -3.15. The van der Waals surface area contributed by atoms with Crippen LogP contribution in [0.1, 0.15) is 31.4 Å². The highest BCUT2D eigenvalue weighted by atomic mass is 32.2. The standard InChI is InChI=1S/C15H25N5O3S2/c1-2-25(22,23)20-9-7-19(8-10-20)15(21)11-18-5-3-13(4-6-18)14-12-24-17-16-14/h12-13H,2-11H2,1H3. The molecule has 0 saturated carbocycles. The lowest BCUT2D eigenvalue weighted by Crippen LogP contribution is -2.53. The number of piperidine rings is 1. The maximum atomic E-state index is 12.5. The molecule has 0 spiro atoms. The van der Waals surface area contributed by atoms with Crippen LogP contribution in [0.4, 0.5) is 0 Å². The van der Waals surface area contributed by atoms with Crippen LogP contribution in [0.2, 0.25) is 0 Å². The molecule has 3 rings (SSSR count).